The van der Waals surface area contributed by atoms with Crippen molar-refractivity contribution in [3.63, 3.8) is 0 Å². The van der Waals surface area contributed by atoms with Gasteiger partial charge in [-0.15, -0.1) is 23.5 Å². The minimum Gasteiger partial charge on any atom is -0.332 e. The standard InChI is InChI=1S/C23H32N4O3S2/c1-5-31-23(32-6-2)18-13-10-14-25(18)22(28)19-21(27(29)30)20(16(3)4)26(24-19)15-17-11-8-7-9-12-17/h7-9,11-12,16,18,23H,5-6,10,13-15H2,1-4H3/t18-/m0/s1. The summed E-state index contributed by atoms with van der Waals surface area (Å²) in [7, 11) is 0. The summed E-state index contributed by atoms with van der Waals surface area (Å²) in [5.41, 5.74) is 1.32. The zero-order valence-electron chi connectivity index (χ0n) is 19.2. The first-order chi connectivity index (χ1) is 15.4. The summed E-state index contributed by atoms with van der Waals surface area (Å²) in [6, 6.07) is 9.79. The summed E-state index contributed by atoms with van der Waals surface area (Å²) < 4.78 is 1.92. The predicted molar refractivity (Wildman–Crippen MR) is 133 cm³/mol. The quantitative estimate of drug-likeness (QED) is 0.259. The normalized spacial score (nSPS) is 16.3. The van der Waals surface area contributed by atoms with Crippen LogP contribution in [0.5, 0.6) is 0 Å². The van der Waals surface area contributed by atoms with Crippen molar-refractivity contribution in [1.82, 2.24) is 14.7 Å². The first kappa shape index (κ1) is 24.6. The Balaban J connectivity index is 2.01. The van der Waals surface area contributed by atoms with Gasteiger partial charge in [-0.3, -0.25) is 19.6 Å². The number of aromatic nitrogens is 2. The molecule has 1 fully saturated rings. The van der Waals surface area contributed by atoms with Gasteiger partial charge >= 0.3 is 5.69 Å². The van der Waals surface area contributed by atoms with E-state index in [0.29, 0.717) is 18.8 Å². The van der Waals surface area contributed by atoms with E-state index in [1.165, 1.54) is 0 Å². The average Bonchev–Trinajstić information content (AvgIpc) is 3.39. The van der Waals surface area contributed by atoms with E-state index < -0.39 is 4.92 Å². The molecule has 2 aromatic rings. The predicted octanol–water partition coefficient (Wildman–Crippen LogP) is 5.40. The molecule has 1 saturated heterocycles. The van der Waals surface area contributed by atoms with Crippen molar-refractivity contribution in [3.05, 3.63) is 57.4 Å². The maximum absolute atomic E-state index is 13.7. The van der Waals surface area contributed by atoms with Crippen LogP contribution in [0.15, 0.2) is 30.3 Å². The number of carbonyl (C=O) groups is 1. The van der Waals surface area contributed by atoms with Crippen LogP contribution in [0.4, 0.5) is 5.69 Å². The number of carbonyl (C=O) groups excluding carboxylic acids is 1. The van der Waals surface area contributed by atoms with Crippen molar-refractivity contribution in [1.29, 1.82) is 0 Å². The molecule has 1 aromatic heterocycles. The maximum atomic E-state index is 13.7. The lowest BCUT2D eigenvalue weighted by Gasteiger charge is -2.30. The van der Waals surface area contributed by atoms with Crippen LogP contribution in [-0.2, 0) is 6.54 Å². The zero-order valence-corrected chi connectivity index (χ0v) is 20.8. The molecule has 3 rings (SSSR count). The van der Waals surface area contributed by atoms with Crippen LogP contribution in [0.3, 0.4) is 0 Å². The van der Waals surface area contributed by atoms with Crippen LogP contribution in [0.25, 0.3) is 0 Å². The lowest BCUT2D eigenvalue weighted by molar-refractivity contribution is -0.386. The van der Waals surface area contributed by atoms with Gasteiger partial charge in [0.2, 0.25) is 5.69 Å². The van der Waals surface area contributed by atoms with E-state index in [0.717, 1.165) is 29.9 Å². The Labute approximate surface area is 198 Å². The fourth-order valence-corrected chi connectivity index (χ4v) is 7.17. The van der Waals surface area contributed by atoms with E-state index in [-0.39, 0.29) is 33.8 Å². The summed E-state index contributed by atoms with van der Waals surface area (Å²) in [6.45, 7) is 9.08. The van der Waals surface area contributed by atoms with Crippen LogP contribution in [0, 0.1) is 10.1 Å². The molecule has 9 heteroatoms. The van der Waals surface area contributed by atoms with Crippen LogP contribution < -0.4 is 0 Å². The molecule has 0 N–H and O–H groups in total. The van der Waals surface area contributed by atoms with E-state index in [9.17, 15) is 14.9 Å². The minimum absolute atomic E-state index is 0.0247. The Morgan fingerprint density at radius 1 is 1.22 bits per heavy atom. The Morgan fingerprint density at radius 2 is 1.88 bits per heavy atom. The first-order valence-corrected chi connectivity index (χ1v) is 13.3. The van der Waals surface area contributed by atoms with Crippen LogP contribution >= 0.6 is 23.5 Å². The SMILES string of the molecule is CCSC(SCC)[C@@H]1CCCN1C(=O)c1nn(Cc2ccccc2)c(C(C)C)c1[N+](=O)[O-]. The molecule has 174 valence electrons. The third-order valence-corrected chi connectivity index (χ3v) is 8.38. The van der Waals surface area contributed by atoms with E-state index in [1.807, 2.05) is 72.6 Å². The highest BCUT2D eigenvalue weighted by Gasteiger charge is 2.41. The van der Waals surface area contributed by atoms with E-state index in [1.54, 1.807) is 4.68 Å². The van der Waals surface area contributed by atoms with Crippen LogP contribution in [0.2, 0.25) is 0 Å². The molecule has 0 saturated carbocycles. The van der Waals surface area contributed by atoms with Gasteiger partial charge in [-0.25, -0.2) is 0 Å². The second-order valence-corrected chi connectivity index (χ2v) is 11.3. The van der Waals surface area contributed by atoms with Gasteiger partial charge < -0.3 is 4.90 Å². The highest BCUT2D eigenvalue weighted by atomic mass is 32.2. The summed E-state index contributed by atoms with van der Waals surface area (Å²) in [4.78, 5) is 27.2. The Hall–Kier alpha value is -2.00. The van der Waals surface area contributed by atoms with Gasteiger partial charge in [0, 0.05) is 12.5 Å². The third kappa shape index (κ3) is 5.31. The molecule has 1 aliphatic rings. The summed E-state index contributed by atoms with van der Waals surface area (Å²) in [5.74, 6) is 1.49. The molecule has 7 nitrogen and oxygen atoms in total. The molecule has 1 amide bonds. The fraction of sp³-hybridized carbons (Fsp3) is 0.565. The van der Waals surface area contributed by atoms with Gasteiger partial charge in [-0.1, -0.05) is 58.0 Å². The molecule has 2 heterocycles. The molecular weight excluding hydrogens is 444 g/mol. The van der Waals surface area contributed by atoms with Crippen molar-refractivity contribution in [2.45, 2.75) is 63.6 Å². The topological polar surface area (TPSA) is 81.3 Å². The van der Waals surface area contributed by atoms with Gasteiger partial charge in [0.05, 0.1) is 22.1 Å². The monoisotopic (exact) mass is 476 g/mol. The summed E-state index contributed by atoms with van der Waals surface area (Å²) >= 11 is 3.70. The van der Waals surface area contributed by atoms with E-state index in [4.69, 9.17) is 0 Å². The van der Waals surface area contributed by atoms with Gasteiger partial charge in [-0.05, 0) is 29.9 Å². The number of nitro groups is 1. The second-order valence-electron chi connectivity index (χ2n) is 8.12. The molecule has 32 heavy (non-hydrogen) atoms. The van der Waals surface area contributed by atoms with Gasteiger partial charge in [-0.2, -0.15) is 5.10 Å². The first-order valence-electron chi connectivity index (χ1n) is 11.2. The molecule has 0 aliphatic carbocycles. The molecule has 0 spiro atoms. The lowest BCUT2D eigenvalue weighted by atomic mass is 10.1. The maximum Gasteiger partial charge on any atom is 0.323 e. The summed E-state index contributed by atoms with van der Waals surface area (Å²) in [6.07, 6.45) is 1.84. The molecule has 0 bridgehead atoms. The number of hydrogen-bond donors (Lipinski definition) is 0. The smallest absolute Gasteiger partial charge is 0.323 e. The fourth-order valence-electron chi connectivity index (χ4n) is 4.30. The molecule has 1 atom stereocenters. The number of nitrogens with zero attached hydrogens (tertiary/aromatic N) is 4. The molecule has 0 unspecified atom stereocenters. The van der Waals surface area contributed by atoms with Crippen LogP contribution in [0.1, 0.15) is 68.2 Å². The Morgan fingerprint density at radius 3 is 2.44 bits per heavy atom. The minimum atomic E-state index is -0.429. The van der Waals surface area contributed by atoms with E-state index >= 15 is 0 Å². The molecule has 1 aliphatic heterocycles. The van der Waals surface area contributed by atoms with Crippen molar-refractivity contribution in [2.24, 2.45) is 0 Å². The van der Waals surface area contributed by atoms with E-state index in [2.05, 4.69) is 18.9 Å². The average molecular weight is 477 g/mol. The number of likely N-dealkylation sites (tertiary alicyclic amines) is 1. The number of benzene rings is 1. The Bertz CT molecular complexity index is 927. The van der Waals surface area contributed by atoms with Crippen molar-refractivity contribution < 1.29 is 9.72 Å². The lowest BCUT2D eigenvalue weighted by Crippen LogP contribution is -2.41. The van der Waals surface area contributed by atoms with Crippen molar-refractivity contribution in [3.8, 4) is 0 Å². The number of thioether (sulfide) groups is 2. The molecule has 0 radical (unpaired) electrons. The number of hydrogen-bond acceptors (Lipinski definition) is 6. The van der Waals surface area contributed by atoms with Gasteiger partial charge in [0.1, 0.15) is 5.69 Å². The Kier molecular flexibility index (Phi) is 8.64. The van der Waals surface area contributed by atoms with Crippen LogP contribution in [-0.4, -0.2) is 54.2 Å². The second kappa shape index (κ2) is 11.2. The zero-order chi connectivity index (χ0) is 23.3. The number of rotatable bonds is 10. The third-order valence-electron chi connectivity index (χ3n) is 5.61. The number of amides is 1. The molecular formula is C23H32N4O3S2. The van der Waals surface area contributed by atoms with Gasteiger partial charge in [0.15, 0.2) is 0 Å². The van der Waals surface area contributed by atoms with Crippen molar-refractivity contribution in [2.75, 3.05) is 18.1 Å². The van der Waals surface area contributed by atoms with Crippen molar-refractivity contribution >= 4 is 35.1 Å². The highest BCUT2D eigenvalue weighted by molar-refractivity contribution is 8.17. The van der Waals surface area contributed by atoms with Gasteiger partial charge in [0.25, 0.3) is 5.91 Å². The highest BCUT2D eigenvalue weighted by Crippen LogP contribution is 2.37. The summed E-state index contributed by atoms with van der Waals surface area (Å²) in [5, 5.41) is 16.7. The largest absolute Gasteiger partial charge is 0.332 e. The molecule has 1 aromatic carbocycles.